The molecule has 37 heavy (non-hydrogen) atoms. The molecule has 0 aliphatic carbocycles. The minimum atomic E-state index is -0.460. The summed E-state index contributed by atoms with van der Waals surface area (Å²) in [6.45, 7) is 4.24. The van der Waals surface area contributed by atoms with Gasteiger partial charge in [0.25, 0.3) is 0 Å². The van der Waals surface area contributed by atoms with Gasteiger partial charge in [0.15, 0.2) is 0 Å². The summed E-state index contributed by atoms with van der Waals surface area (Å²) in [4.78, 5) is 15.0. The summed E-state index contributed by atoms with van der Waals surface area (Å²) >= 11 is 2.41. The van der Waals surface area contributed by atoms with Gasteiger partial charge in [-0.25, -0.2) is 0 Å². The van der Waals surface area contributed by atoms with Crippen LogP contribution in [0.3, 0.4) is 0 Å². The molecule has 4 rings (SSSR count). The molecule has 2 aliphatic heterocycles. The fourth-order valence-electron chi connectivity index (χ4n) is 4.28. The van der Waals surface area contributed by atoms with Gasteiger partial charge in [-0.3, -0.25) is 15.0 Å². The third-order valence-electron chi connectivity index (χ3n) is 6.53. The number of nitrogens with two attached hydrogens (primary N) is 1. The van der Waals surface area contributed by atoms with Crippen LogP contribution in [0.2, 0.25) is 0 Å². The molecule has 0 radical (unpaired) electrons. The number of nitro groups is 1. The zero-order valence-corrected chi connectivity index (χ0v) is 23.9. The molecule has 2 aromatic carbocycles. The van der Waals surface area contributed by atoms with Gasteiger partial charge in [-0.15, -0.1) is 0 Å². The minimum Gasteiger partial charge on any atom is -0.494 e. The normalized spacial score (nSPS) is 17.4. The number of methoxy groups -OCH3 is 2. The molecule has 2 aliphatic rings. The first-order valence-electron chi connectivity index (χ1n) is 12.4. The Kier molecular flexibility index (Phi) is 11.3. The number of nitrogens with zero attached hydrogens (tertiary/aromatic N) is 3. The maximum absolute atomic E-state index is 10.8. The fourth-order valence-corrected chi connectivity index (χ4v) is 4.96. The number of rotatable bonds is 8. The van der Waals surface area contributed by atoms with Crippen molar-refractivity contribution >= 4 is 34.0 Å². The molecule has 0 atom stereocenters. The number of halogens is 1. The van der Waals surface area contributed by atoms with E-state index in [9.17, 15) is 10.1 Å². The van der Waals surface area contributed by atoms with Crippen LogP contribution in [0.25, 0.3) is 0 Å². The van der Waals surface area contributed by atoms with Gasteiger partial charge in [0.2, 0.25) is 5.75 Å². The van der Waals surface area contributed by atoms with E-state index < -0.39 is 4.92 Å². The molecule has 0 saturated carbocycles. The smallest absolute Gasteiger partial charge is 0.311 e. The Morgan fingerprint density at radius 1 is 0.919 bits per heavy atom. The van der Waals surface area contributed by atoms with Crippen LogP contribution >= 0.6 is 22.6 Å². The van der Waals surface area contributed by atoms with Crippen molar-refractivity contribution in [2.24, 2.45) is 0 Å². The second-order valence-corrected chi connectivity index (χ2v) is 9.85. The van der Waals surface area contributed by atoms with E-state index in [0.717, 1.165) is 62.2 Å². The molecule has 2 N–H and O–H groups in total. The summed E-state index contributed by atoms with van der Waals surface area (Å²) in [6, 6.07) is 10.2. The zero-order chi connectivity index (χ0) is 26.8. The molecule has 0 spiro atoms. The lowest BCUT2D eigenvalue weighted by atomic mass is 10.1. The first-order valence-corrected chi connectivity index (χ1v) is 13.9. The number of benzene rings is 2. The van der Waals surface area contributed by atoms with Crippen molar-refractivity contribution in [3.8, 4) is 23.0 Å². The molecule has 204 valence electrons. The number of piperidine rings is 2. The molecule has 2 aromatic rings. The Labute approximate surface area is 232 Å². The molecular weight excluding hydrogens is 591 g/mol. The molecule has 0 unspecified atom stereocenters. The van der Waals surface area contributed by atoms with Gasteiger partial charge in [-0.1, -0.05) is 22.6 Å². The number of ether oxygens (including phenoxy) is 4. The van der Waals surface area contributed by atoms with Gasteiger partial charge in [-0.05, 0) is 50.9 Å². The van der Waals surface area contributed by atoms with Gasteiger partial charge in [0.1, 0.15) is 29.5 Å². The lowest BCUT2D eigenvalue weighted by molar-refractivity contribution is -0.385. The van der Waals surface area contributed by atoms with E-state index in [4.69, 9.17) is 24.7 Å². The number of likely N-dealkylation sites (tertiary alicyclic amines) is 2. The number of hydrogen-bond acceptors (Lipinski definition) is 9. The maximum Gasteiger partial charge on any atom is 0.311 e. The predicted octanol–water partition coefficient (Wildman–Crippen LogP) is 4.59. The lowest BCUT2D eigenvalue weighted by Crippen LogP contribution is -2.37. The van der Waals surface area contributed by atoms with E-state index in [2.05, 4.69) is 39.4 Å². The van der Waals surface area contributed by atoms with Gasteiger partial charge >= 0.3 is 5.69 Å². The number of nitrogen functional groups attached to an aromatic ring is 1. The number of nitro benzene ring substituents is 1. The zero-order valence-electron chi connectivity index (χ0n) is 21.7. The number of hydrogen-bond donors (Lipinski definition) is 1. The summed E-state index contributed by atoms with van der Waals surface area (Å²) in [7, 11) is 5.13. The van der Waals surface area contributed by atoms with E-state index in [1.807, 2.05) is 18.2 Å². The van der Waals surface area contributed by atoms with Crippen molar-refractivity contribution in [2.45, 2.75) is 37.9 Å². The average Bonchev–Trinajstić information content (AvgIpc) is 2.91. The van der Waals surface area contributed by atoms with Crippen LogP contribution in [0, 0.1) is 10.1 Å². The molecular formula is C26H37IN4O6. The van der Waals surface area contributed by atoms with Gasteiger partial charge in [-0.2, -0.15) is 0 Å². The molecule has 11 heteroatoms. The Hall–Kier alpha value is -2.51. The molecule has 0 aromatic heterocycles. The highest BCUT2D eigenvalue weighted by molar-refractivity contribution is 14.1. The minimum absolute atomic E-state index is 0.0433. The van der Waals surface area contributed by atoms with E-state index in [1.54, 1.807) is 19.2 Å². The Balaban J connectivity index is 0.000000206. The molecule has 0 bridgehead atoms. The molecule has 0 amide bonds. The highest BCUT2D eigenvalue weighted by atomic mass is 127. The largest absolute Gasteiger partial charge is 0.494 e. The molecule has 2 fully saturated rings. The number of anilines is 1. The number of alkyl halides is 1. The summed E-state index contributed by atoms with van der Waals surface area (Å²) in [5.41, 5.74) is 6.38. The first-order chi connectivity index (χ1) is 17.8. The standard InChI is InChI=1S/C13H19IN2O2.C13H18N2O4/c1-17-13-8-11(2-3-12(13)15)18-10-4-6-16(9-14)7-5-10;1-14-7-5-10(6-8-14)19-11-3-4-12(15(16)17)13(9-11)18-2/h2-3,8,10H,4-7,9,15H2,1H3;3-4,9-10H,5-8H2,1-2H3. The average molecular weight is 629 g/mol. The fraction of sp³-hybridized carbons (Fsp3) is 0.538. The first kappa shape index (κ1) is 29.1. The SMILES string of the molecule is COc1cc(OC2CCN(C)CC2)ccc1[N+](=O)[O-].COc1cc(OC2CCN(CI)CC2)ccc1N. The molecule has 10 nitrogen and oxygen atoms in total. The van der Waals surface area contributed by atoms with Crippen LogP contribution in [0.5, 0.6) is 23.0 Å². The topological polar surface area (TPSA) is 113 Å². The second-order valence-electron chi connectivity index (χ2n) is 9.17. The van der Waals surface area contributed by atoms with E-state index in [0.29, 0.717) is 23.3 Å². The summed E-state index contributed by atoms with van der Waals surface area (Å²) < 4.78 is 23.1. The quantitative estimate of drug-likeness (QED) is 0.112. The predicted molar refractivity (Wildman–Crippen MR) is 152 cm³/mol. The highest BCUT2D eigenvalue weighted by Gasteiger charge is 2.21. The summed E-state index contributed by atoms with van der Waals surface area (Å²) in [6.07, 6.45) is 4.57. The Bertz CT molecular complexity index is 1010. The summed E-state index contributed by atoms with van der Waals surface area (Å²) in [5, 5.41) is 10.8. The Morgan fingerprint density at radius 3 is 1.95 bits per heavy atom. The van der Waals surface area contributed by atoms with Crippen molar-refractivity contribution in [1.82, 2.24) is 9.80 Å². The lowest BCUT2D eigenvalue weighted by Gasteiger charge is -2.30. The van der Waals surface area contributed by atoms with Crippen LogP contribution < -0.4 is 24.7 Å². The van der Waals surface area contributed by atoms with Crippen molar-refractivity contribution in [2.75, 3.05) is 57.7 Å². The highest BCUT2D eigenvalue weighted by Crippen LogP contribution is 2.32. The van der Waals surface area contributed by atoms with Gasteiger partial charge in [0, 0.05) is 44.4 Å². The van der Waals surface area contributed by atoms with Crippen LogP contribution in [0.1, 0.15) is 25.7 Å². The monoisotopic (exact) mass is 628 g/mol. The maximum atomic E-state index is 10.8. The summed E-state index contributed by atoms with van der Waals surface area (Å²) in [5.74, 6) is 2.37. The second kappa shape index (κ2) is 14.4. The van der Waals surface area contributed by atoms with Crippen molar-refractivity contribution in [1.29, 1.82) is 0 Å². The van der Waals surface area contributed by atoms with Crippen LogP contribution in [0.15, 0.2) is 36.4 Å². The van der Waals surface area contributed by atoms with Gasteiger partial charge in [0.05, 0.1) is 29.4 Å². The van der Waals surface area contributed by atoms with E-state index >= 15 is 0 Å². The van der Waals surface area contributed by atoms with Crippen molar-refractivity contribution in [3.05, 3.63) is 46.5 Å². The van der Waals surface area contributed by atoms with Crippen LogP contribution in [-0.2, 0) is 0 Å². The molecule has 2 heterocycles. The van der Waals surface area contributed by atoms with E-state index in [1.165, 1.54) is 13.2 Å². The third-order valence-corrected chi connectivity index (χ3v) is 7.49. The van der Waals surface area contributed by atoms with Crippen molar-refractivity contribution in [3.63, 3.8) is 0 Å². The molecule has 2 saturated heterocycles. The van der Waals surface area contributed by atoms with Crippen molar-refractivity contribution < 1.29 is 23.9 Å². The van der Waals surface area contributed by atoms with Gasteiger partial charge < -0.3 is 29.6 Å². The van der Waals surface area contributed by atoms with E-state index in [-0.39, 0.29) is 17.5 Å². The van der Waals surface area contributed by atoms with Crippen LogP contribution in [0.4, 0.5) is 11.4 Å². The van der Waals surface area contributed by atoms with Crippen LogP contribution in [-0.4, -0.2) is 78.9 Å². The third kappa shape index (κ3) is 8.78. The Morgan fingerprint density at radius 2 is 1.43 bits per heavy atom.